The standard InChI is InChI=1S/C6H13NO3.ClH/c7-4-1-2-10-5(3-8)6(4)9;/h4-6,8-9H,1-3,7H2;1H/t4-,5+,6-;/m0./s1. The molecule has 1 fully saturated rings. The predicted octanol–water partition coefficient (Wildman–Crippen LogP) is -1.12. The molecule has 0 radical (unpaired) electrons. The Morgan fingerprint density at radius 2 is 2.18 bits per heavy atom. The summed E-state index contributed by atoms with van der Waals surface area (Å²) in [6.07, 6.45) is -0.528. The smallest absolute Gasteiger partial charge is 0.108 e. The van der Waals surface area contributed by atoms with Gasteiger partial charge in [0.25, 0.3) is 0 Å². The summed E-state index contributed by atoms with van der Waals surface area (Å²) in [6.45, 7) is 0.373. The molecule has 0 saturated carbocycles. The molecule has 5 heteroatoms. The van der Waals surface area contributed by atoms with Crippen molar-refractivity contribution in [1.82, 2.24) is 0 Å². The Bertz CT molecular complexity index is 114. The fourth-order valence-electron chi connectivity index (χ4n) is 1.06. The van der Waals surface area contributed by atoms with Gasteiger partial charge in [0.15, 0.2) is 0 Å². The molecule has 0 amide bonds. The second-order valence-corrected chi connectivity index (χ2v) is 2.53. The van der Waals surface area contributed by atoms with E-state index >= 15 is 0 Å². The Labute approximate surface area is 71.8 Å². The van der Waals surface area contributed by atoms with E-state index in [-0.39, 0.29) is 25.1 Å². The molecule has 1 heterocycles. The van der Waals surface area contributed by atoms with Crippen molar-refractivity contribution in [3.63, 3.8) is 0 Å². The number of aliphatic hydroxyl groups is 2. The van der Waals surface area contributed by atoms with Crippen LogP contribution in [0, 0.1) is 0 Å². The first-order valence-corrected chi connectivity index (χ1v) is 3.42. The molecule has 0 bridgehead atoms. The van der Waals surface area contributed by atoms with Gasteiger partial charge in [-0.2, -0.15) is 0 Å². The van der Waals surface area contributed by atoms with Gasteiger partial charge in [0, 0.05) is 12.6 Å². The first-order chi connectivity index (χ1) is 4.75. The summed E-state index contributed by atoms with van der Waals surface area (Å²) in [5.74, 6) is 0. The molecule has 11 heavy (non-hydrogen) atoms. The van der Waals surface area contributed by atoms with Gasteiger partial charge in [-0.3, -0.25) is 0 Å². The van der Waals surface area contributed by atoms with Crippen LogP contribution in [0.5, 0.6) is 0 Å². The molecule has 0 aromatic heterocycles. The van der Waals surface area contributed by atoms with Crippen molar-refractivity contribution in [2.24, 2.45) is 5.73 Å². The molecular weight excluding hydrogens is 170 g/mol. The summed E-state index contributed by atoms with van der Waals surface area (Å²) >= 11 is 0. The zero-order valence-electron chi connectivity index (χ0n) is 6.14. The van der Waals surface area contributed by atoms with Crippen molar-refractivity contribution < 1.29 is 14.9 Å². The molecule has 0 aromatic carbocycles. The number of aliphatic hydroxyl groups excluding tert-OH is 2. The molecule has 1 aliphatic rings. The van der Waals surface area contributed by atoms with Gasteiger partial charge in [0.05, 0.1) is 12.7 Å². The van der Waals surface area contributed by atoms with Crippen molar-refractivity contribution >= 4 is 12.4 Å². The maximum absolute atomic E-state index is 9.23. The molecule has 4 nitrogen and oxygen atoms in total. The molecular formula is C6H14ClNO3. The second kappa shape index (κ2) is 4.90. The van der Waals surface area contributed by atoms with Gasteiger partial charge in [-0.25, -0.2) is 0 Å². The molecule has 0 aliphatic carbocycles. The summed E-state index contributed by atoms with van der Waals surface area (Å²) in [5, 5.41) is 17.9. The number of hydrogen-bond acceptors (Lipinski definition) is 4. The highest BCUT2D eigenvalue weighted by atomic mass is 35.5. The molecule has 0 aromatic rings. The summed E-state index contributed by atoms with van der Waals surface area (Å²) in [7, 11) is 0. The van der Waals surface area contributed by atoms with Crippen LogP contribution in [-0.4, -0.2) is 41.7 Å². The van der Waals surface area contributed by atoms with E-state index in [0.29, 0.717) is 13.0 Å². The Morgan fingerprint density at radius 1 is 1.55 bits per heavy atom. The van der Waals surface area contributed by atoms with Gasteiger partial charge < -0.3 is 20.7 Å². The number of nitrogens with two attached hydrogens (primary N) is 1. The van der Waals surface area contributed by atoms with Crippen molar-refractivity contribution in [1.29, 1.82) is 0 Å². The van der Waals surface area contributed by atoms with E-state index in [1.165, 1.54) is 0 Å². The molecule has 1 saturated heterocycles. The maximum atomic E-state index is 9.23. The van der Waals surface area contributed by atoms with E-state index in [1.807, 2.05) is 0 Å². The van der Waals surface area contributed by atoms with E-state index in [0.717, 1.165) is 0 Å². The lowest BCUT2D eigenvalue weighted by Gasteiger charge is -2.31. The van der Waals surface area contributed by atoms with Crippen LogP contribution in [0.4, 0.5) is 0 Å². The van der Waals surface area contributed by atoms with Crippen LogP contribution in [0.3, 0.4) is 0 Å². The highest BCUT2D eigenvalue weighted by Gasteiger charge is 2.29. The van der Waals surface area contributed by atoms with Crippen molar-refractivity contribution in [2.45, 2.75) is 24.7 Å². The lowest BCUT2D eigenvalue weighted by atomic mass is 10.0. The average molecular weight is 184 g/mol. The lowest BCUT2D eigenvalue weighted by Crippen LogP contribution is -2.50. The van der Waals surface area contributed by atoms with Gasteiger partial charge >= 0.3 is 0 Å². The average Bonchev–Trinajstić information content (AvgIpc) is 1.95. The first-order valence-electron chi connectivity index (χ1n) is 3.42. The minimum absolute atomic E-state index is 0. The van der Waals surface area contributed by atoms with Gasteiger partial charge in [-0.15, -0.1) is 12.4 Å². The highest BCUT2D eigenvalue weighted by molar-refractivity contribution is 5.85. The Kier molecular flexibility index (Phi) is 4.96. The van der Waals surface area contributed by atoms with Gasteiger partial charge in [-0.05, 0) is 6.42 Å². The Morgan fingerprint density at radius 3 is 2.64 bits per heavy atom. The third kappa shape index (κ3) is 2.57. The Hall–Kier alpha value is 0.130. The monoisotopic (exact) mass is 183 g/mol. The highest BCUT2D eigenvalue weighted by Crippen LogP contribution is 2.11. The van der Waals surface area contributed by atoms with Crippen LogP contribution in [0.2, 0.25) is 0 Å². The zero-order chi connectivity index (χ0) is 7.56. The first kappa shape index (κ1) is 11.1. The van der Waals surface area contributed by atoms with Crippen LogP contribution < -0.4 is 5.73 Å². The number of halogens is 1. The zero-order valence-corrected chi connectivity index (χ0v) is 6.96. The molecule has 0 unspecified atom stereocenters. The summed E-state index contributed by atoms with van der Waals surface area (Å²) < 4.78 is 5.03. The van der Waals surface area contributed by atoms with E-state index in [9.17, 15) is 5.11 Å². The molecule has 3 atom stereocenters. The van der Waals surface area contributed by atoms with E-state index in [1.54, 1.807) is 0 Å². The Balaban J connectivity index is 0.000001000. The minimum Gasteiger partial charge on any atom is -0.394 e. The van der Waals surface area contributed by atoms with Crippen LogP contribution >= 0.6 is 12.4 Å². The quantitative estimate of drug-likeness (QED) is 0.481. The largest absolute Gasteiger partial charge is 0.394 e. The van der Waals surface area contributed by atoms with Crippen molar-refractivity contribution in [3.05, 3.63) is 0 Å². The van der Waals surface area contributed by atoms with Crippen LogP contribution in [0.1, 0.15) is 6.42 Å². The molecule has 0 spiro atoms. The van der Waals surface area contributed by atoms with Gasteiger partial charge in [-0.1, -0.05) is 0 Å². The molecule has 4 N–H and O–H groups in total. The summed E-state index contributed by atoms with van der Waals surface area (Å²) in [5.41, 5.74) is 5.50. The van der Waals surface area contributed by atoms with Crippen LogP contribution in [0.25, 0.3) is 0 Å². The van der Waals surface area contributed by atoms with Crippen LogP contribution in [-0.2, 0) is 4.74 Å². The number of hydrogen-bond donors (Lipinski definition) is 3. The molecule has 1 aliphatic heterocycles. The SMILES string of the molecule is Cl.N[C@H]1CCO[C@H](CO)[C@H]1O. The second-order valence-electron chi connectivity index (χ2n) is 2.53. The van der Waals surface area contributed by atoms with Gasteiger partial charge in [0.1, 0.15) is 6.10 Å². The third-order valence-electron chi connectivity index (χ3n) is 1.78. The number of ether oxygens (including phenoxy) is 1. The van der Waals surface area contributed by atoms with Gasteiger partial charge in [0.2, 0.25) is 0 Å². The molecule has 1 rings (SSSR count). The third-order valence-corrected chi connectivity index (χ3v) is 1.78. The fourth-order valence-corrected chi connectivity index (χ4v) is 1.06. The fraction of sp³-hybridized carbons (Fsp3) is 1.00. The van der Waals surface area contributed by atoms with E-state index < -0.39 is 12.2 Å². The topological polar surface area (TPSA) is 75.7 Å². The lowest BCUT2D eigenvalue weighted by molar-refractivity contribution is -0.103. The number of rotatable bonds is 1. The van der Waals surface area contributed by atoms with E-state index in [4.69, 9.17) is 15.6 Å². The summed E-state index contributed by atoms with van der Waals surface area (Å²) in [4.78, 5) is 0. The predicted molar refractivity (Wildman–Crippen MR) is 42.7 cm³/mol. The van der Waals surface area contributed by atoms with E-state index in [2.05, 4.69) is 0 Å². The summed E-state index contributed by atoms with van der Waals surface area (Å²) in [6, 6.07) is -0.245. The minimum atomic E-state index is -0.709. The van der Waals surface area contributed by atoms with Crippen LogP contribution in [0.15, 0.2) is 0 Å². The maximum Gasteiger partial charge on any atom is 0.108 e. The van der Waals surface area contributed by atoms with Crippen molar-refractivity contribution in [2.75, 3.05) is 13.2 Å². The normalized spacial score (nSPS) is 37.9. The van der Waals surface area contributed by atoms with Crippen molar-refractivity contribution in [3.8, 4) is 0 Å². The molecule has 68 valence electrons.